The van der Waals surface area contributed by atoms with Gasteiger partial charge >= 0.3 is 0 Å². The van der Waals surface area contributed by atoms with Crippen molar-refractivity contribution in [3.05, 3.63) is 18.5 Å². The predicted octanol–water partition coefficient (Wildman–Crippen LogP) is 0.217. The summed E-state index contributed by atoms with van der Waals surface area (Å²) in [6.07, 6.45) is 5.57. The number of rotatable bonds is 0. The number of anilines is 1. The van der Waals surface area contributed by atoms with E-state index in [1.54, 1.807) is 10.9 Å². The number of allylic oxidation sites excluding steroid dienone is 1. The van der Waals surface area contributed by atoms with Gasteiger partial charge in [-0.05, 0) is 6.08 Å². The maximum absolute atomic E-state index is 3.81. The number of aromatic nitrogens is 3. The average Bonchev–Trinajstić information content (AvgIpc) is 2.33. The largest absolute Gasteiger partial charge is 0.346 e. The first-order chi connectivity index (χ1) is 4.47. The molecule has 1 aromatic heterocycles. The smallest absolute Gasteiger partial charge is 0.149 e. The van der Waals surface area contributed by atoms with Gasteiger partial charge in [0.25, 0.3) is 0 Å². The molecule has 1 aliphatic heterocycles. The zero-order valence-corrected chi connectivity index (χ0v) is 4.78. The summed E-state index contributed by atoms with van der Waals surface area (Å²) in [4.78, 5) is 0. The Bertz CT molecular complexity index is 214. The molecule has 2 rings (SSSR count). The standard InChI is InChI=1S/C5H6N4/c1-2-6-5-4-7-8-9(5)3-1/h1-2,4,6H,3H2. The fourth-order valence-electron chi connectivity index (χ4n) is 0.801. The summed E-state index contributed by atoms with van der Waals surface area (Å²) in [6.45, 7) is 0.822. The second-order valence-corrected chi connectivity index (χ2v) is 1.85. The van der Waals surface area contributed by atoms with E-state index in [1.165, 1.54) is 0 Å². The summed E-state index contributed by atoms with van der Waals surface area (Å²) in [5.41, 5.74) is 0. The maximum atomic E-state index is 3.81. The molecule has 0 aromatic carbocycles. The van der Waals surface area contributed by atoms with Crippen LogP contribution in [0, 0.1) is 0 Å². The molecule has 0 radical (unpaired) electrons. The van der Waals surface area contributed by atoms with Gasteiger partial charge in [-0.15, -0.1) is 5.10 Å². The Morgan fingerprint density at radius 3 is 3.56 bits per heavy atom. The van der Waals surface area contributed by atoms with E-state index in [0.29, 0.717) is 0 Å². The van der Waals surface area contributed by atoms with Crippen LogP contribution in [0.25, 0.3) is 0 Å². The van der Waals surface area contributed by atoms with Crippen LogP contribution in [-0.2, 0) is 6.54 Å². The molecule has 0 aliphatic carbocycles. The van der Waals surface area contributed by atoms with Crippen molar-refractivity contribution in [3.8, 4) is 0 Å². The first-order valence-electron chi connectivity index (χ1n) is 2.77. The van der Waals surface area contributed by atoms with E-state index in [2.05, 4.69) is 15.6 Å². The fraction of sp³-hybridized carbons (Fsp3) is 0.200. The summed E-state index contributed by atoms with van der Waals surface area (Å²) >= 11 is 0. The third-order valence-electron chi connectivity index (χ3n) is 1.25. The Hall–Kier alpha value is -1.32. The molecule has 4 heteroatoms. The minimum Gasteiger partial charge on any atom is -0.346 e. The molecular formula is C5H6N4. The molecule has 0 amide bonds. The quantitative estimate of drug-likeness (QED) is 0.535. The minimum atomic E-state index is 0.822. The Balaban J connectivity index is 2.46. The van der Waals surface area contributed by atoms with Crippen LogP contribution in [-0.4, -0.2) is 15.0 Å². The second-order valence-electron chi connectivity index (χ2n) is 1.85. The molecule has 9 heavy (non-hydrogen) atoms. The number of hydrogen-bond acceptors (Lipinski definition) is 3. The van der Waals surface area contributed by atoms with Gasteiger partial charge in [0, 0.05) is 6.20 Å². The van der Waals surface area contributed by atoms with Gasteiger partial charge in [-0.25, -0.2) is 4.68 Å². The molecule has 0 fully saturated rings. The normalized spacial score (nSPS) is 14.7. The highest BCUT2D eigenvalue weighted by Gasteiger charge is 2.01. The van der Waals surface area contributed by atoms with Crippen LogP contribution < -0.4 is 5.32 Å². The van der Waals surface area contributed by atoms with Crippen molar-refractivity contribution in [2.24, 2.45) is 0 Å². The highest BCUT2D eigenvalue weighted by molar-refractivity contribution is 5.36. The molecule has 1 aromatic rings. The first kappa shape index (κ1) is 4.55. The van der Waals surface area contributed by atoms with Crippen LogP contribution >= 0.6 is 0 Å². The predicted molar refractivity (Wildman–Crippen MR) is 32.8 cm³/mol. The van der Waals surface area contributed by atoms with Gasteiger partial charge in [0.05, 0.1) is 12.7 Å². The summed E-state index contributed by atoms with van der Waals surface area (Å²) in [7, 11) is 0. The van der Waals surface area contributed by atoms with Gasteiger partial charge < -0.3 is 5.32 Å². The Morgan fingerprint density at radius 1 is 1.67 bits per heavy atom. The summed E-state index contributed by atoms with van der Waals surface area (Å²) in [5.74, 6) is 0.956. The van der Waals surface area contributed by atoms with Crippen LogP contribution in [0.4, 0.5) is 5.82 Å². The van der Waals surface area contributed by atoms with Gasteiger partial charge in [-0.1, -0.05) is 5.21 Å². The molecular weight excluding hydrogens is 116 g/mol. The Labute approximate surface area is 52.2 Å². The molecule has 0 atom stereocenters. The van der Waals surface area contributed by atoms with Crippen molar-refractivity contribution in [3.63, 3.8) is 0 Å². The van der Waals surface area contributed by atoms with Gasteiger partial charge in [0.1, 0.15) is 5.82 Å². The zero-order valence-electron chi connectivity index (χ0n) is 4.78. The van der Waals surface area contributed by atoms with Gasteiger partial charge in [-0.2, -0.15) is 0 Å². The number of nitrogens with one attached hydrogen (secondary N) is 1. The zero-order chi connectivity index (χ0) is 6.10. The third kappa shape index (κ3) is 0.595. The second kappa shape index (κ2) is 1.58. The average molecular weight is 122 g/mol. The number of fused-ring (bicyclic) bond motifs is 1. The lowest BCUT2D eigenvalue weighted by atomic mass is 10.5. The van der Waals surface area contributed by atoms with Gasteiger partial charge in [0.2, 0.25) is 0 Å². The molecule has 0 spiro atoms. The lowest BCUT2D eigenvalue weighted by Crippen LogP contribution is -2.07. The monoisotopic (exact) mass is 122 g/mol. The third-order valence-corrected chi connectivity index (χ3v) is 1.25. The van der Waals surface area contributed by atoms with Crippen LogP contribution in [0.3, 0.4) is 0 Å². The van der Waals surface area contributed by atoms with E-state index in [0.717, 1.165) is 12.4 Å². The summed E-state index contributed by atoms with van der Waals surface area (Å²) < 4.78 is 1.79. The molecule has 1 aliphatic rings. The van der Waals surface area contributed by atoms with Crippen LogP contribution in [0.15, 0.2) is 18.5 Å². The van der Waals surface area contributed by atoms with Crippen molar-refractivity contribution in [2.45, 2.75) is 6.54 Å². The molecule has 4 nitrogen and oxygen atoms in total. The van der Waals surface area contributed by atoms with E-state index >= 15 is 0 Å². The SMILES string of the molecule is C1=CNc2cnnn2C1. The van der Waals surface area contributed by atoms with Crippen molar-refractivity contribution >= 4 is 5.82 Å². The lowest BCUT2D eigenvalue weighted by Gasteiger charge is -2.06. The van der Waals surface area contributed by atoms with E-state index in [-0.39, 0.29) is 0 Å². The summed E-state index contributed by atoms with van der Waals surface area (Å²) in [6, 6.07) is 0. The van der Waals surface area contributed by atoms with E-state index in [9.17, 15) is 0 Å². The Morgan fingerprint density at radius 2 is 2.67 bits per heavy atom. The molecule has 46 valence electrons. The molecule has 0 bridgehead atoms. The van der Waals surface area contributed by atoms with E-state index in [4.69, 9.17) is 0 Å². The highest BCUT2D eigenvalue weighted by Crippen LogP contribution is 2.06. The Kier molecular flexibility index (Phi) is 0.798. The first-order valence-corrected chi connectivity index (χ1v) is 2.77. The van der Waals surface area contributed by atoms with Crippen molar-refractivity contribution in [1.82, 2.24) is 15.0 Å². The van der Waals surface area contributed by atoms with Crippen molar-refractivity contribution in [1.29, 1.82) is 0 Å². The molecule has 0 saturated heterocycles. The van der Waals surface area contributed by atoms with Crippen LogP contribution in [0.1, 0.15) is 0 Å². The van der Waals surface area contributed by atoms with Gasteiger partial charge in [-0.3, -0.25) is 0 Å². The maximum Gasteiger partial charge on any atom is 0.149 e. The number of nitrogens with zero attached hydrogens (tertiary/aromatic N) is 3. The molecule has 1 N–H and O–H groups in total. The van der Waals surface area contributed by atoms with Crippen molar-refractivity contribution in [2.75, 3.05) is 5.32 Å². The topological polar surface area (TPSA) is 42.7 Å². The van der Waals surface area contributed by atoms with E-state index in [1.807, 2.05) is 12.3 Å². The van der Waals surface area contributed by atoms with E-state index < -0.39 is 0 Å². The lowest BCUT2D eigenvalue weighted by molar-refractivity contribution is 0.661. The van der Waals surface area contributed by atoms with Crippen LogP contribution in [0.2, 0.25) is 0 Å². The van der Waals surface area contributed by atoms with Crippen LogP contribution in [0.5, 0.6) is 0 Å². The van der Waals surface area contributed by atoms with Gasteiger partial charge in [0.15, 0.2) is 0 Å². The summed E-state index contributed by atoms with van der Waals surface area (Å²) in [5, 5.41) is 10.5. The number of hydrogen-bond donors (Lipinski definition) is 1. The van der Waals surface area contributed by atoms with Crippen molar-refractivity contribution < 1.29 is 0 Å². The molecule has 0 unspecified atom stereocenters. The molecule has 2 heterocycles. The minimum absolute atomic E-state index is 0.822. The highest BCUT2D eigenvalue weighted by atomic mass is 15.5. The fourth-order valence-corrected chi connectivity index (χ4v) is 0.801. The molecule has 0 saturated carbocycles.